The van der Waals surface area contributed by atoms with Crippen LogP contribution in [-0.2, 0) is 16.1 Å². The number of thiazole rings is 1. The Kier molecular flexibility index (Phi) is 9.67. The molecule has 238 valence electrons. The van der Waals surface area contributed by atoms with Crippen LogP contribution in [0.4, 0.5) is 5.69 Å². The predicted octanol–water partition coefficient (Wildman–Crippen LogP) is 5.08. The lowest BCUT2D eigenvalue weighted by molar-refractivity contribution is -0.384. The lowest BCUT2D eigenvalue weighted by atomic mass is 9.95. The van der Waals surface area contributed by atoms with Crippen molar-refractivity contribution >= 4 is 29.1 Å². The predicted molar refractivity (Wildman–Crippen MR) is 173 cm³/mol. The van der Waals surface area contributed by atoms with Gasteiger partial charge in [0, 0.05) is 12.1 Å². The third-order valence-corrected chi connectivity index (χ3v) is 8.07. The van der Waals surface area contributed by atoms with Crippen LogP contribution in [0, 0.1) is 10.1 Å². The third-order valence-electron chi connectivity index (χ3n) is 7.09. The van der Waals surface area contributed by atoms with Crippen molar-refractivity contribution in [1.29, 1.82) is 0 Å². The number of esters is 1. The van der Waals surface area contributed by atoms with Crippen LogP contribution in [0.1, 0.15) is 50.4 Å². The fourth-order valence-electron chi connectivity index (χ4n) is 5.05. The van der Waals surface area contributed by atoms with E-state index in [1.54, 1.807) is 56.3 Å². The molecule has 0 amide bonds. The van der Waals surface area contributed by atoms with Crippen LogP contribution >= 0.6 is 11.3 Å². The lowest BCUT2D eigenvalue weighted by Crippen LogP contribution is -2.40. The maximum atomic E-state index is 14.0. The minimum Gasteiger partial charge on any atom is -0.493 e. The maximum absolute atomic E-state index is 14.0. The van der Waals surface area contributed by atoms with E-state index in [0.717, 1.165) is 5.56 Å². The number of allylic oxidation sites excluding steroid dienone is 1. The number of hydrogen-bond donors (Lipinski definition) is 0. The number of carbonyl (C=O) groups excluding carboxylic acids is 1. The molecule has 0 aliphatic carbocycles. The molecule has 0 spiro atoms. The highest BCUT2D eigenvalue weighted by molar-refractivity contribution is 7.07. The second-order valence-electron chi connectivity index (χ2n) is 10.7. The summed E-state index contributed by atoms with van der Waals surface area (Å²) >= 11 is 1.22. The summed E-state index contributed by atoms with van der Waals surface area (Å²) in [6.07, 6.45) is 1.68. The molecule has 0 radical (unpaired) electrons. The van der Waals surface area contributed by atoms with Gasteiger partial charge >= 0.3 is 5.97 Å². The average molecular weight is 644 g/mol. The van der Waals surface area contributed by atoms with Gasteiger partial charge in [-0.05, 0) is 74.7 Å². The Hall–Kier alpha value is -5.23. The molecule has 11 nitrogen and oxygen atoms in total. The largest absolute Gasteiger partial charge is 0.493 e. The summed E-state index contributed by atoms with van der Waals surface area (Å²) < 4.78 is 24.6. The van der Waals surface area contributed by atoms with Crippen LogP contribution in [0.3, 0.4) is 0 Å². The Morgan fingerprint density at radius 2 is 1.87 bits per heavy atom. The van der Waals surface area contributed by atoms with Gasteiger partial charge in [0.2, 0.25) is 0 Å². The number of aromatic nitrogens is 1. The molecule has 4 aromatic rings. The first-order valence-corrected chi connectivity index (χ1v) is 15.4. The van der Waals surface area contributed by atoms with Gasteiger partial charge in [-0.2, -0.15) is 0 Å². The normalized spacial score (nSPS) is 14.5. The number of nitro benzene ring substituents is 1. The van der Waals surface area contributed by atoms with Gasteiger partial charge in [0.05, 0.1) is 46.6 Å². The Labute approximate surface area is 268 Å². The van der Waals surface area contributed by atoms with Crippen molar-refractivity contribution < 1.29 is 28.7 Å². The van der Waals surface area contributed by atoms with E-state index in [4.69, 9.17) is 18.9 Å². The van der Waals surface area contributed by atoms with E-state index in [2.05, 4.69) is 4.99 Å². The molecule has 0 bridgehead atoms. The number of nitro groups is 1. The molecule has 1 aliphatic rings. The smallest absolute Gasteiger partial charge is 0.338 e. The molecule has 12 heteroatoms. The van der Waals surface area contributed by atoms with Crippen molar-refractivity contribution in [2.75, 3.05) is 13.7 Å². The number of benzene rings is 3. The Morgan fingerprint density at radius 3 is 2.54 bits per heavy atom. The van der Waals surface area contributed by atoms with E-state index in [9.17, 15) is 19.7 Å². The summed E-state index contributed by atoms with van der Waals surface area (Å²) in [5, 5.41) is 11.1. The van der Waals surface area contributed by atoms with Gasteiger partial charge in [-0.25, -0.2) is 9.79 Å². The first-order chi connectivity index (χ1) is 22.1. The molecular formula is C34H33N3O8S. The van der Waals surface area contributed by atoms with Crippen LogP contribution in [0.25, 0.3) is 6.08 Å². The number of ether oxygens (including phenoxy) is 4. The van der Waals surface area contributed by atoms with E-state index in [1.807, 2.05) is 32.0 Å². The van der Waals surface area contributed by atoms with Gasteiger partial charge in [0.15, 0.2) is 16.3 Å². The van der Waals surface area contributed by atoms with Gasteiger partial charge in [0.25, 0.3) is 11.2 Å². The monoisotopic (exact) mass is 643 g/mol. The van der Waals surface area contributed by atoms with Crippen molar-refractivity contribution in [3.63, 3.8) is 0 Å². The van der Waals surface area contributed by atoms with Gasteiger partial charge in [-0.1, -0.05) is 41.7 Å². The van der Waals surface area contributed by atoms with E-state index >= 15 is 0 Å². The number of methoxy groups -OCH3 is 1. The number of nitrogens with zero attached hydrogens (tertiary/aromatic N) is 3. The van der Waals surface area contributed by atoms with Crippen LogP contribution in [0.5, 0.6) is 17.2 Å². The summed E-state index contributed by atoms with van der Waals surface area (Å²) in [7, 11) is 1.54. The highest BCUT2D eigenvalue weighted by Crippen LogP contribution is 2.36. The average Bonchev–Trinajstić information content (AvgIpc) is 3.33. The fraction of sp³-hybridized carbons (Fsp3) is 0.265. The second-order valence-corrected chi connectivity index (χ2v) is 11.7. The molecule has 1 atom stereocenters. The van der Waals surface area contributed by atoms with Crippen molar-refractivity contribution in [3.05, 3.63) is 124 Å². The van der Waals surface area contributed by atoms with E-state index in [0.29, 0.717) is 43.4 Å². The molecule has 1 aliphatic heterocycles. The third kappa shape index (κ3) is 6.86. The number of rotatable bonds is 11. The zero-order valence-corrected chi connectivity index (χ0v) is 26.8. The topological polar surface area (TPSA) is 131 Å². The van der Waals surface area contributed by atoms with Crippen LogP contribution in [-0.4, -0.2) is 35.3 Å². The first-order valence-electron chi connectivity index (χ1n) is 14.6. The van der Waals surface area contributed by atoms with Crippen LogP contribution < -0.4 is 29.1 Å². The highest BCUT2D eigenvalue weighted by atomic mass is 32.1. The van der Waals surface area contributed by atoms with Gasteiger partial charge in [-0.3, -0.25) is 19.5 Å². The van der Waals surface area contributed by atoms with E-state index in [1.165, 1.54) is 35.1 Å². The summed E-state index contributed by atoms with van der Waals surface area (Å²) in [6, 6.07) is 18.0. The van der Waals surface area contributed by atoms with Gasteiger partial charge < -0.3 is 18.9 Å². The molecule has 0 unspecified atom stereocenters. The zero-order valence-electron chi connectivity index (χ0n) is 26.0. The number of non-ortho nitro benzene ring substituents is 1. The minimum atomic E-state index is -0.802. The number of hydrogen-bond acceptors (Lipinski definition) is 10. The van der Waals surface area contributed by atoms with Crippen molar-refractivity contribution in [1.82, 2.24) is 4.57 Å². The standard InChI is InChI=1S/C34H33N3O8S/c1-6-43-33(39)30-21(4)35-34-36(31(30)24-12-15-27(45-20(2)3)28(18-24)42-5)32(38)29(46-34)17-22-10-13-26(14-11-22)44-19-23-8-7-9-25(16-23)37(40)41/h7-18,20,31H,6,19H2,1-5H3/b29-17-/t31-/m1/s1. The molecular weight excluding hydrogens is 610 g/mol. The molecule has 3 aromatic carbocycles. The van der Waals surface area contributed by atoms with Crippen LogP contribution in [0.15, 0.2) is 87.8 Å². The molecule has 46 heavy (non-hydrogen) atoms. The molecule has 0 fully saturated rings. The summed E-state index contributed by atoms with van der Waals surface area (Å²) in [6.45, 7) is 7.62. The number of carbonyl (C=O) groups is 1. The summed E-state index contributed by atoms with van der Waals surface area (Å²) in [5.41, 5.74) is 2.49. The quantitative estimate of drug-likeness (QED) is 0.126. The maximum Gasteiger partial charge on any atom is 0.338 e. The zero-order chi connectivity index (χ0) is 33.0. The second kappa shape index (κ2) is 13.8. The summed E-state index contributed by atoms with van der Waals surface area (Å²) in [5.74, 6) is 1.03. The summed E-state index contributed by atoms with van der Waals surface area (Å²) in [4.78, 5) is 42.9. The van der Waals surface area contributed by atoms with Crippen molar-refractivity contribution in [2.24, 2.45) is 4.99 Å². The molecule has 5 rings (SSSR count). The molecule has 2 heterocycles. The highest BCUT2D eigenvalue weighted by Gasteiger charge is 2.34. The molecule has 0 saturated carbocycles. The van der Waals surface area contributed by atoms with Gasteiger partial charge in [0.1, 0.15) is 12.4 Å². The molecule has 0 saturated heterocycles. The van der Waals surface area contributed by atoms with E-state index in [-0.39, 0.29) is 36.1 Å². The van der Waals surface area contributed by atoms with Crippen LogP contribution in [0.2, 0.25) is 0 Å². The SMILES string of the molecule is CCOC(=O)C1=C(C)N=c2s/c(=C\c3ccc(OCc4cccc([N+](=O)[O-])c4)cc3)c(=O)n2[C@@H]1c1ccc(OC(C)C)c(OC)c1. The Morgan fingerprint density at radius 1 is 1.11 bits per heavy atom. The first kappa shape index (κ1) is 32.2. The van der Waals surface area contributed by atoms with Crippen molar-refractivity contribution in [3.8, 4) is 17.2 Å². The fourth-order valence-corrected chi connectivity index (χ4v) is 6.10. The van der Waals surface area contributed by atoms with E-state index < -0.39 is 16.9 Å². The Bertz CT molecular complexity index is 1990. The minimum absolute atomic E-state index is 0.000944. The Balaban J connectivity index is 1.50. The lowest BCUT2D eigenvalue weighted by Gasteiger charge is -2.25. The van der Waals surface area contributed by atoms with Gasteiger partial charge in [-0.15, -0.1) is 0 Å². The molecule has 0 N–H and O–H groups in total. The number of fused-ring (bicyclic) bond motifs is 1. The van der Waals surface area contributed by atoms with Crippen molar-refractivity contribution in [2.45, 2.75) is 46.4 Å². The molecule has 1 aromatic heterocycles.